The monoisotopic (exact) mass is 293 g/mol. The first kappa shape index (κ1) is 15.3. The highest BCUT2D eigenvalue weighted by atomic mass is 32.2. The molecule has 0 saturated carbocycles. The lowest BCUT2D eigenvalue weighted by Crippen LogP contribution is -2.34. The Balaban J connectivity index is 1.79. The zero-order chi connectivity index (χ0) is 14.2. The van der Waals surface area contributed by atoms with E-state index in [0.29, 0.717) is 17.5 Å². The molecule has 0 aromatic carbocycles. The van der Waals surface area contributed by atoms with E-state index in [1.54, 1.807) is 12.4 Å². The molecule has 1 aromatic heterocycles. The van der Waals surface area contributed by atoms with Gasteiger partial charge in [0.1, 0.15) is 0 Å². The van der Waals surface area contributed by atoms with Gasteiger partial charge < -0.3 is 10.2 Å². The fourth-order valence-corrected chi connectivity index (χ4v) is 3.46. The average Bonchev–Trinajstić information content (AvgIpc) is 2.52. The maximum atomic E-state index is 12.3. The van der Waals surface area contributed by atoms with Crippen molar-refractivity contribution in [3.8, 4) is 0 Å². The number of amides is 1. The van der Waals surface area contributed by atoms with Gasteiger partial charge in [-0.3, -0.25) is 9.78 Å². The van der Waals surface area contributed by atoms with Crippen molar-refractivity contribution in [1.29, 1.82) is 0 Å². The molecule has 4 nitrogen and oxygen atoms in total. The number of hydrogen-bond donors (Lipinski definition) is 1. The smallest absolute Gasteiger partial charge is 0.232 e. The lowest BCUT2D eigenvalue weighted by Gasteiger charge is -2.24. The molecular weight excluding hydrogens is 270 g/mol. The molecule has 5 heteroatoms. The number of piperidine rings is 1. The molecule has 1 aliphatic rings. The van der Waals surface area contributed by atoms with Crippen molar-refractivity contribution in [1.82, 2.24) is 15.2 Å². The molecule has 2 heterocycles. The zero-order valence-corrected chi connectivity index (χ0v) is 12.9. The topological polar surface area (TPSA) is 45.2 Å². The van der Waals surface area contributed by atoms with E-state index in [2.05, 4.69) is 10.3 Å². The summed E-state index contributed by atoms with van der Waals surface area (Å²) in [5, 5.41) is 3.99. The molecule has 1 amide bonds. The molecule has 0 spiro atoms. The molecular formula is C15H23N3OS. The van der Waals surface area contributed by atoms with Crippen LogP contribution in [0.15, 0.2) is 24.5 Å². The van der Waals surface area contributed by atoms with E-state index < -0.39 is 0 Å². The van der Waals surface area contributed by atoms with Crippen LogP contribution < -0.4 is 5.32 Å². The van der Waals surface area contributed by atoms with Crippen LogP contribution in [0.2, 0.25) is 0 Å². The number of hydrogen-bond acceptors (Lipinski definition) is 4. The summed E-state index contributed by atoms with van der Waals surface area (Å²) < 4.78 is 0. The van der Waals surface area contributed by atoms with Gasteiger partial charge in [0.05, 0.1) is 5.75 Å². The molecule has 0 radical (unpaired) electrons. The summed E-state index contributed by atoms with van der Waals surface area (Å²) in [4.78, 5) is 18.2. The minimum Gasteiger partial charge on any atom is -0.338 e. The third-order valence-electron chi connectivity index (χ3n) is 3.59. The predicted molar refractivity (Wildman–Crippen MR) is 83.7 cm³/mol. The predicted octanol–water partition coefficient (Wildman–Crippen LogP) is 1.92. The molecule has 0 bridgehead atoms. The van der Waals surface area contributed by atoms with E-state index in [-0.39, 0.29) is 5.91 Å². The Kier molecular flexibility index (Phi) is 6.33. The van der Waals surface area contributed by atoms with Gasteiger partial charge in [-0.25, -0.2) is 0 Å². The van der Waals surface area contributed by atoms with Crippen LogP contribution in [0.3, 0.4) is 0 Å². The van der Waals surface area contributed by atoms with Gasteiger partial charge in [0.2, 0.25) is 5.91 Å². The van der Waals surface area contributed by atoms with Crippen molar-refractivity contribution < 1.29 is 4.79 Å². The normalized spacial score (nSPS) is 16.1. The van der Waals surface area contributed by atoms with Gasteiger partial charge in [-0.05, 0) is 50.6 Å². The highest BCUT2D eigenvalue weighted by Gasteiger charge is 2.17. The molecule has 1 aliphatic heterocycles. The number of aromatic nitrogens is 1. The first-order valence-corrected chi connectivity index (χ1v) is 8.33. The van der Waals surface area contributed by atoms with E-state index in [9.17, 15) is 4.79 Å². The van der Waals surface area contributed by atoms with Gasteiger partial charge in [0, 0.05) is 30.7 Å². The summed E-state index contributed by atoms with van der Waals surface area (Å²) in [5.41, 5.74) is 1.14. The SMILES string of the molecule is CCN(Cc1ccncc1)C(=O)CSC1CCNCC1. The van der Waals surface area contributed by atoms with Crippen LogP contribution in [0, 0.1) is 0 Å². The van der Waals surface area contributed by atoms with E-state index in [1.165, 1.54) is 12.8 Å². The molecule has 1 N–H and O–H groups in total. The molecule has 20 heavy (non-hydrogen) atoms. The van der Waals surface area contributed by atoms with Crippen molar-refractivity contribution >= 4 is 17.7 Å². The zero-order valence-electron chi connectivity index (χ0n) is 12.0. The van der Waals surface area contributed by atoms with Crippen molar-refractivity contribution in [2.45, 2.75) is 31.6 Å². The van der Waals surface area contributed by atoms with E-state index in [0.717, 1.165) is 25.2 Å². The lowest BCUT2D eigenvalue weighted by atomic mass is 10.2. The van der Waals surface area contributed by atoms with Crippen molar-refractivity contribution in [2.24, 2.45) is 0 Å². The summed E-state index contributed by atoms with van der Waals surface area (Å²) in [6, 6.07) is 3.94. The summed E-state index contributed by atoms with van der Waals surface area (Å²) in [6.45, 7) is 5.65. The van der Waals surface area contributed by atoms with Gasteiger partial charge in [-0.15, -0.1) is 11.8 Å². The number of thioether (sulfide) groups is 1. The van der Waals surface area contributed by atoms with Crippen LogP contribution in [0.4, 0.5) is 0 Å². The Morgan fingerprint density at radius 3 is 2.75 bits per heavy atom. The van der Waals surface area contributed by atoms with Gasteiger partial charge in [0.15, 0.2) is 0 Å². The lowest BCUT2D eigenvalue weighted by molar-refractivity contribution is -0.128. The molecule has 110 valence electrons. The summed E-state index contributed by atoms with van der Waals surface area (Å²) in [6.07, 6.45) is 5.90. The van der Waals surface area contributed by atoms with Gasteiger partial charge in [0.25, 0.3) is 0 Å². The fraction of sp³-hybridized carbons (Fsp3) is 0.600. The Bertz CT molecular complexity index is 407. The maximum Gasteiger partial charge on any atom is 0.232 e. The van der Waals surface area contributed by atoms with Crippen LogP contribution in [0.25, 0.3) is 0 Å². The van der Waals surface area contributed by atoms with E-state index in [1.807, 2.05) is 35.7 Å². The standard InChI is InChI=1S/C15H23N3OS/c1-2-18(11-13-3-7-16-8-4-13)15(19)12-20-14-5-9-17-10-6-14/h3-4,7-8,14,17H,2,5-6,9-12H2,1H3. The minimum absolute atomic E-state index is 0.243. The Labute approximate surface area is 125 Å². The molecule has 0 atom stereocenters. The first-order valence-electron chi connectivity index (χ1n) is 7.28. The maximum absolute atomic E-state index is 12.3. The number of pyridine rings is 1. The first-order chi connectivity index (χ1) is 9.79. The number of rotatable bonds is 6. The second-order valence-corrected chi connectivity index (χ2v) is 6.31. The molecule has 0 unspecified atom stereocenters. The molecule has 1 aromatic rings. The Morgan fingerprint density at radius 1 is 1.40 bits per heavy atom. The van der Waals surface area contributed by atoms with Crippen LogP contribution >= 0.6 is 11.8 Å². The molecule has 1 saturated heterocycles. The largest absolute Gasteiger partial charge is 0.338 e. The van der Waals surface area contributed by atoms with Gasteiger partial charge in [-0.2, -0.15) is 0 Å². The Morgan fingerprint density at radius 2 is 2.10 bits per heavy atom. The number of nitrogens with zero attached hydrogens (tertiary/aromatic N) is 2. The third kappa shape index (κ3) is 4.80. The molecule has 1 fully saturated rings. The summed E-state index contributed by atoms with van der Waals surface area (Å²) >= 11 is 1.82. The fourth-order valence-electron chi connectivity index (χ4n) is 2.33. The molecule has 2 rings (SSSR count). The second kappa shape index (κ2) is 8.27. The summed E-state index contributed by atoms with van der Waals surface area (Å²) in [7, 11) is 0. The van der Waals surface area contributed by atoms with Crippen LogP contribution in [-0.4, -0.2) is 46.4 Å². The van der Waals surface area contributed by atoms with Crippen molar-refractivity contribution in [2.75, 3.05) is 25.4 Å². The Hall–Kier alpha value is -1.07. The number of carbonyl (C=O) groups excluding carboxylic acids is 1. The van der Waals surface area contributed by atoms with Gasteiger partial charge >= 0.3 is 0 Å². The number of carbonyl (C=O) groups is 1. The van der Waals surface area contributed by atoms with Crippen molar-refractivity contribution in [3.63, 3.8) is 0 Å². The highest BCUT2D eigenvalue weighted by Crippen LogP contribution is 2.20. The third-order valence-corrected chi connectivity index (χ3v) is 4.94. The van der Waals surface area contributed by atoms with E-state index >= 15 is 0 Å². The van der Waals surface area contributed by atoms with Gasteiger partial charge in [-0.1, -0.05) is 0 Å². The quantitative estimate of drug-likeness (QED) is 0.870. The van der Waals surface area contributed by atoms with Crippen LogP contribution in [0.1, 0.15) is 25.3 Å². The van der Waals surface area contributed by atoms with E-state index in [4.69, 9.17) is 0 Å². The molecule has 0 aliphatic carbocycles. The second-order valence-electron chi connectivity index (χ2n) is 5.02. The minimum atomic E-state index is 0.243. The van der Waals surface area contributed by atoms with Crippen LogP contribution in [-0.2, 0) is 11.3 Å². The van der Waals surface area contributed by atoms with Crippen LogP contribution in [0.5, 0.6) is 0 Å². The number of nitrogens with one attached hydrogen (secondary N) is 1. The average molecular weight is 293 g/mol. The summed E-state index contributed by atoms with van der Waals surface area (Å²) in [5.74, 6) is 0.844. The van der Waals surface area contributed by atoms with Crippen molar-refractivity contribution in [3.05, 3.63) is 30.1 Å². The highest BCUT2D eigenvalue weighted by molar-refractivity contribution is 8.00.